The Kier molecular flexibility index (Phi) is 7.33. The molecule has 0 bridgehead atoms. The van der Waals surface area contributed by atoms with Gasteiger partial charge in [0.25, 0.3) is 5.91 Å². The molecule has 0 unspecified atom stereocenters. The second kappa shape index (κ2) is 11.0. The van der Waals surface area contributed by atoms with Crippen LogP contribution in [0.4, 0.5) is 4.39 Å². The van der Waals surface area contributed by atoms with Crippen molar-refractivity contribution >= 4 is 28.3 Å². The third kappa shape index (κ3) is 5.37. The first-order valence-electron chi connectivity index (χ1n) is 14.4. The zero-order valence-electron chi connectivity index (χ0n) is 25.2. The minimum atomic E-state index is -1.31. The minimum absolute atomic E-state index is 0.143. The van der Waals surface area contributed by atoms with Gasteiger partial charge in [-0.2, -0.15) is 5.10 Å². The zero-order valence-corrected chi connectivity index (χ0v) is 25.2. The van der Waals surface area contributed by atoms with Crippen molar-refractivity contribution in [1.29, 1.82) is 0 Å². The molecule has 2 aromatic carbocycles. The molecule has 3 aromatic heterocycles. The van der Waals surface area contributed by atoms with Crippen LogP contribution in [-0.2, 0) is 22.5 Å². The van der Waals surface area contributed by atoms with E-state index in [4.69, 9.17) is 14.5 Å². The molecule has 6 rings (SSSR count). The van der Waals surface area contributed by atoms with Gasteiger partial charge in [-0.3, -0.25) is 9.78 Å². The summed E-state index contributed by atoms with van der Waals surface area (Å²) in [5.41, 5.74) is 5.20. The summed E-state index contributed by atoms with van der Waals surface area (Å²) in [6, 6.07) is 12.0. The lowest BCUT2D eigenvalue weighted by Crippen LogP contribution is -2.28. The van der Waals surface area contributed by atoms with Crippen LogP contribution in [0.25, 0.3) is 27.5 Å². The molecule has 44 heavy (non-hydrogen) atoms. The largest absolute Gasteiger partial charge is 0.493 e. The maximum atomic E-state index is 13.7. The first-order chi connectivity index (χ1) is 20.9. The van der Waals surface area contributed by atoms with E-state index in [0.717, 1.165) is 22.9 Å². The molecule has 0 radical (unpaired) electrons. The van der Waals surface area contributed by atoms with Crippen LogP contribution in [0.3, 0.4) is 0 Å². The predicted molar refractivity (Wildman–Crippen MR) is 163 cm³/mol. The molecule has 226 valence electrons. The van der Waals surface area contributed by atoms with Gasteiger partial charge in [-0.15, -0.1) is 0 Å². The van der Waals surface area contributed by atoms with Gasteiger partial charge in [-0.25, -0.2) is 13.7 Å². The number of aromatic nitrogens is 3. The number of rotatable bonds is 7. The summed E-state index contributed by atoms with van der Waals surface area (Å²) in [6.07, 6.45) is 2.86. The molecule has 1 aliphatic rings. The first-order valence-corrected chi connectivity index (χ1v) is 14.4. The second-order valence-corrected chi connectivity index (χ2v) is 12.1. The van der Waals surface area contributed by atoms with E-state index in [-0.39, 0.29) is 18.1 Å². The number of aryl methyl sites for hydroxylation is 2. The van der Waals surface area contributed by atoms with E-state index in [9.17, 15) is 19.1 Å². The topological polar surface area (TPSA) is 115 Å². The lowest BCUT2D eigenvalue weighted by atomic mass is 9.89. The first kappa shape index (κ1) is 29.3. The van der Waals surface area contributed by atoms with E-state index in [1.807, 2.05) is 39.0 Å². The molecule has 9 nitrogen and oxygen atoms in total. The summed E-state index contributed by atoms with van der Waals surface area (Å²) >= 11 is 0. The van der Waals surface area contributed by atoms with E-state index < -0.39 is 23.6 Å². The van der Waals surface area contributed by atoms with E-state index in [0.29, 0.717) is 51.2 Å². The molecule has 10 heteroatoms. The highest BCUT2D eigenvalue weighted by Crippen LogP contribution is 2.43. The highest BCUT2D eigenvalue weighted by molar-refractivity contribution is 6.05. The van der Waals surface area contributed by atoms with Gasteiger partial charge in [-0.1, -0.05) is 12.1 Å². The van der Waals surface area contributed by atoms with Crippen molar-refractivity contribution in [1.82, 2.24) is 19.9 Å². The van der Waals surface area contributed by atoms with Gasteiger partial charge in [0.2, 0.25) is 0 Å². The van der Waals surface area contributed by atoms with Crippen molar-refractivity contribution in [3.63, 3.8) is 0 Å². The summed E-state index contributed by atoms with van der Waals surface area (Å²) in [7, 11) is 0. The Hall–Kier alpha value is -4.83. The van der Waals surface area contributed by atoms with Crippen LogP contribution in [0.2, 0.25) is 0 Å². The molecule has 1 amide bonds. The summed E-state index contributed by atoms with van der Waals surface area (Å²) in [4.78, 5) is 30.8. The number of pyridine rings is 2. The summed E-state index contributed by atoms with van der Waals surface area (Å²) < 4.78 is 27.4. The Morgan fingerprint density at radius 1 is 1.14 bits per heavy atom. The van der Waals surface area contributed by atoms with Gasteiger partial charge >= 0.3 is 5.97 Å². The van der Waals surface area contributed by atoms with Crippen molar-refractivity contribution in [2.75, 3.05) is 6.61 Å². The summed E-state index contributed by atoms with van der Waals surface area (Å²) in [5.74, 6) is -1.16. The number of carbonyl (C=O) groups excluding carboxylic acids is 1. The van der Waals surface area contributed by atoms with Gasteiger partial charge in [0.1, 0.15) is 11.6 Å². The number of nitrogens with one attached hydrogen (secondary N) is 1. The average molecular weight is 597 g/mol. The van der Waals surface area contributed by atoms with Gasteiger partial charge in [-0.05, 0) is 87.2 Å². The average Bonchev–Trinajstić information content (AvgIpc) is 3.40. The van der Waals surface area contributed by atoms with Crippen molar-refractivity contribution < 1.29 is 28.6 Å². The van der Waals surface area contributed by atoms with Crippen molar-refractivity contribution in [2.24, 2.45) is 0 Å². The Labute approximate surface area is 253 Å². The van der Waals surface area contributed by atoms with Gasteiger partial charge < -0.3 is 19.9 Å². The monoisotopic (exact) mass is 596 g/mol. The summed E-state index contributed by atoms with van der Waals surface area (Å²) in [5, 5.41) is 18.8. The van der Waals surface area contributed by atoms with Gasteiger partial charge in [0.05, 0.1) is 23.2 Å². The molecule has 0 fully saturated rings. The van der Waals surface area contributed by atoms with E-state index >= 15 is 0 Å². The number of halogens is 1. The van der Waals surface area contributed by atoms with Crippen molar-refractivity contribution in [3.8, 4) is 16.9 Å². The standard InChI is InChI=1S/C34H33FN4O5/c1-18-14-20(6-8-23(18)35)16-37-32(40)24-15-25-29(22-7-9-26-28-21(11-13-43-26)10-12-36-30(22)28)27(19(2)17-39(25)38-24)31(33(41)42)44-34(3,4)5/h6-10,12,14-15,17,31H,11,13,16H2,1-5H3,(H,37,40)(H,41,42)/t31-/m0/s1. The van der Waals surface area contributed by atoms with Crippen molar-refractivity contribution in [2.45, 2.75) is 59.3 Å². The molecule has 1 atom stereocenters. The molecule has 5 aromatic rings. The molecule has 1 aliphatic heterocycles. The smallest absolute Gasteiger partial charge is 0.337 e. The zero-order chi connectivity index (χ0) is 31.3. The number of aliphatic carboxylic acids is 1. The lowest BCUT2D eigenvalue weighted by Gasteiger charge is -2.28. The number of carboxylic acids is 1. The number of ether oxygens (including phenoxy) is 2. The Morgan fingerprint density at radius 3 is 2.66 bits per heavy atom. The minimum Gasteiger partial charge on any atom is -0.493 e. The second-order valence-electron chi connectivity index (χ2n) is 12.1. The maximum absolute atomic E-state index is 13.7. The third-order valence-corrected chi connectivity index (χ3v) is 7.71. The number of amides is 1. The van der Waals surface area contributed by atoms with Crippen LogP contribution in [0.5, 0.6) is 5.75 Å². The summed E-state index contributed by atoms with van der Waals surface area (Å²) in [6.45, 7) is 9.64. The van der Waals surface area contributed by atoms with Crippen LogP contribution in [0.15, 0.2) is 54.9 Å². The van der Waals surface area contributed by atoms with Crippen LogP contribution < -0.4 is 10.1 Å². The van der Waals surface area contributed by atoms with Crippen LogP contribution in [-0.4, -0.2) is 43.8 Å². The molecule has 0 aliphatic carbocycles. The Bertz CT molecular complexity index is 1950. The molecule has 0 spiro atoms. The molecule has 0 saturated heterocycles. The third-order valence-electron chi connectivity index (χ3n) is 7.71. The van der Waals surface area contributed by atoms with Crippen molar-refractivity contribution in [3.05, 3.63) is 94.2 Å². The molecular formula is C34H33FN4O5. The molecular weight excluding hydrogens is 563 g/mol. The number of hydrogen-bond acceptors (Lipinski definition) is 6. The molecule has 0 saturated carbocycles. The Balaban J connectivity index is 1.54. The fourth-order valence-electron chi connectivity index (χ4n) is 5.78. The van der Waals surface area contributed by atoms with Crippen LogP contribution in [0, 0.1) is 19.7 Å². The Morgan fingerprint density at radius 2 is 1.93 bits per heavy atom. The molecule has 4 heterocycles. The highest BCUT2D eigenvalue weighted by atomic mass is 19.1. The fraction of sp³-hybridized carbons (Fsp3) is 0.294. The number of nitrogens with zero attached hydrogens (tertiary/aromatic N) is 3. The van der Waals surface area contributed by atoms with E-state index in [1.165, 1.54) is 6.07 Å². The number of carbonyl (C=O) groups is 2. The van der Waals surface area contributed by atoms with E-state index in [2.05, 4.69) is 10.4 Å². The quantitative estimate of drug-likeness (QED) is 0.233. The highest BCUT2D eigenvalue weighted by Gasteiger charge is 2.33. The number of carboxylic acid groups (broad SMARTS) is 1. The number of hydrogen-bond donors (Lipinski definition) is 2. The fourth-order valence-corrected chi connectivity index (χ4v) is 5.78. The van der Waals surface area contributed by atoms with Gasteiger partial charge in [0, 0.05) is 47.4 Å². The normalized spacial score (nSPS) is 13.6. The predicted octanol–water partition coefficient (Wildman–Crippen LogP) is 6.11. The SMILES string of the molecule is Cc1cc(CNC(=O)c2cc3c(-c4ccc5c6c(ccnc46)CCO5)c([C@H](OC(C)(C)C)C(=O)O)c(C)cn3n2)ccc1F. The number of fused-ring (bicyclic) bond motifs is 1. The molecule has 2 N–H and O–H groups in total. The van der Waals surface area contributed by atoms with E-state index in [1.54, 1.807) is 49.0 Å². The maximum Gasteiger partial charge on any atom is 0.337 e. The van der Waals surface area contributed by atoms with Crippen LogP contribution in [0.1, 0.15) is 65.2 Å². The number of benzene rings is 2. The van der Waals surface area contributed by atoms with Gasteiger partial charge in [0.15, 0.2) is 11.8 Å². The van der Waals surface area contributed by atoms with Crippen LogP contribution >= 0.6 is 0 Å². The lowest BCUT2D eigenvalue weighted by molar-refractivity contribution is -0.160.